The van der Waals surface area contributed by atoms with Gasteiger partial charge in [0.1, 0.15) is 6.21 Å². The zero-order valence-electron chi connectivity index (χ0n) is 4.13. The van der Waals surface area contributed by atoms with Crippen LogP contribution in [0, 0.1) is 0 Å². The zero-order chi connectivity index (χ0) is 5.11. The van der Waals surface area contributed by atoms with Crippen molar-refractivity contribution in [3.05, 3.63) is 0 Å². The van der Waals surface area contributed by atoms with Crippen molar-refractivity contribution in [2.45, 2.75) is 12.8 Å². The Labute approximate surface area is 42.5 Å². The van der Waals surface area contributed by atoms with Crippen LogP contribution in [0.1, 0.15) is 12.8 Å². The van der Waals surface area contributed by atoms with Gasteiger partial charge in [-0.15, -0.1) is 0 Å². The highest BCUT2D eigenvalue weighted by molar-refractivity contribution is 5.58. The number of hydrogen-bond donors (Lipinski definition) is 0. The van der Waals surface area contributed by atoms with Crippen molar-refractivity contribution in [1.82, 2.24) is 0 Å². The molecule has 0 aromatic carbocycles. The standard InChI is InChI=1S/C5H8NO/c7-5-6-3-1-2-4-6/h3,5H,1-2,4H2/q+1. The molecule has 1 heterocycles. The van der Waals surface area contributed by atoms with Crippen molar-refractivity contribution < 1.29 is 9.37 Å². The van der Waals surface area contributed by atoms with E-state index in [4.69, 9.17) is 0 Å². The maximum absolute atomic E-state index is 9.90. The molecule has 1 aliphatic rings. The van der Waals surface area contributed by atoms with Gasteiger partial charge in [0, 0.05) is 12.8 Å². The van der Waals surface area contributed by atoms with E-state index in [-0.39, 0.29) is 0 Å². The zero-order valence-corrected chi connectivity index (χ0v) is 4.13. The number of amides is 1. The summed E-state index contributed by atoms with van der Waals surface area (Å²) in [7, 11) is 0. The summed E-state index contributed by atoms with van der Waals surface area (Å²) in [5.41, 5.74) is 0. The van der Waals surface area contributed by atoms with Gasteiger partial charge in [0.25, 0.3) is 0 Å². The van der Waals surface area contributed by atoms with Crippen LogP contribution in [0.15, 0.2) is 0 Å². The Balaban J connectivity index is 2.51. The van der Waals surface area contributed by atoms with E-state index in [2.05, 4.69) is 0 Å². The average Bonchev–Trinajstić information content (AvgIpc) is 2.14. The summed E-state index contributed by atoms with van der Waals surface area (Å²) in [4.78, 5) is 9.90. The predicted octanol–water partition coefficient (Wildman–Crippen LogP) is 0.0199. The Morgan fingerprint density at radius 1 is 1.71 bits per heavy atom. The maximum Gasteiger partial charge on any atom is 0.374 e. The molecule has 0 aliphatic carbocycles. The third kappa shape index (κ3) is 0.856. The summed E-state index contributed by atoms with van der Waals surface area (Å²) in [5.74, 6) is 0. The van der Waals surface area contributed by atoms with E-state index in [1.54, 1.807) is 4.58 Å². The van der Waals surface area contributed by atoms with Crippen LogP contribution < -0.4 is 0 Å². The number of carbonyl (C=O) groups excluding carboxylic acids is 1. The molecule has 0 saturated heterocycles. The summed E-state index contributed by atoms with van der Waals surface area (Å²) in [6, 6.07) is 0. The highest BCUT2D eigenvalue weighted by Crippen LogP contribution is 1.92. The largest absolute Gasteiger partial charge is 0.374 e. The summed E-state index contributed by atoms with van der Waals surface area (Å²) in [6.07, 6.45) is 5.00. The summed E-state index contributed by atoms with van der Waals surface area (Å²) in [6.45, 7) is 0.920. The van der Waals surface area contributed by atoms with Crippen molar-refractivity contribution in [3.63, 3.8) is 0 Å². The first-order chi connectivity index (χ1) is 3.43. The minimum atomic E-state index is 0.868. The van der Waals surface area contributed by atoms with Gasteiger partial charge in [-0.3, -0.25) is 0 Å². The molecule has 1 amide bonds. The molecule has 7 heavy (non-hydrogen) atoms. The molecule has 2 nitrogen and oxygen atoms in total. The Morgan fingerprint density at radius 2 is 2.57 bits per heavy atom. The summed E-state index contributed by atoms with van der Waals surface area (Å²) in [5, 5.41) is 0. The molecular weight excluding hydrogens is 90.1 g/mol. The van der Waals surface area contributed by atoms with Crippen molar-refractivity contribution >= 4 is 12.6 Å². The molecule has 0 saturated carbocycles. The van der Waals surface area contributed by atoms with Gasteiger partial charge in [0.2, 0.25) is 0 Å². The SMILES string of the molecule is O=C[N+]1=CCCC1. The fourth-order valence-corrected chi connectivity index (χ4v) is 0.718. The Bertz CT molecular complexity index is 107. The lowest BCUT2D eigenvalue weighted by molar-refractivity contribution is -0.420. The smallest absolute Gasteiger partial charge is 0.223 e. The molecular formula is C5H8NO+. The number of rotatable bonds is 1. The van der Waals surface area contributed by atoms with E-state index in [1.807, 2.05) is 6.21 Å². The lowest BCUT2D eigenvalue weighted by atomic mass is 10.4. The minimum absolute atomic E-state index is 0.868. The van der Waals surface area contributed by atoms with Gasteiger partial charge in [0.15, 0.2) is 6.54 Å². The molecule has 38 valence electrons. The van der Waals surface area contributed by atoms with Gasteiger partial charge >= 0.3 is 6.41 Å². The van der Waals surface area contributed by atoms with Crippen LogP contribution in [0.3, 0.4) is 0 Å². The first-order valence-corrected chi connectivity index (χ1v) is 2.48. The van der Waals surface area contributed by atoms with E-state index < -0.39 is 0 Å². The van der Waals surface area contributed by atoms with E-state index in [0.717, 1.165) is 25.8 Å². The van der Waals surface area contributed by atoms with Gasteiger partial charge < -0.3 is 0 Å². The molecule has 0 aromatic heterocycles. The van der Waals surface area contributed by atoms with Crippen molar-refractivity contribution in [1.29, 1.82) is 0 Å². The second-order valence-corrected chi connectivity index (χ2v) is 1.67. The molecule has 0 N–H and O–H groups in total. The van der Waals surface area contributed by atoms with Crippen LogP contribution in [0.4, 0.5) is 0 Å². The first-order valence-electron chi connectivity index (χ1n) is 2.48. The predicted molar refractivity (Wildman–Crippen MR) is 26.5 cm³/mol. The molecule has 2 heteroatoms. The summed E-state index contributed by atoms with van der Waals surface area (Å²) >= 11 is 0. The van der Waals surface area contributed by atoms with E-state index in [1.165, 1.54) is 0 Å². The Morgan fingerprint density at radius 3 is 2.86 bits per heavy atom. The average molecular weight is 98.1 g/mol. The highest BCUT2D eigenvalue weighted by Gasteiger charge is 2.07. The van der Waals surface area contributed by atoms with Crippen molar-refractivity contribution in [2.24, 2.45) is 0 Å². The first kappa shape index (κ1) is 4.50. The van der Waals surface area contributed by atoms with E-state index in [9.17, 15) is 4.79 Å². The number of hydrogen-bond acceptors (Lipinski definition) is 1. The quantitative estimate of drug-likeness (QED) is 0.334. The molecule has 0 unspecified atom stereocenters. The fourth-order valence-electron chi connectivity index (χ4n) is 0.718. The molecule has 0 bridgehead atoms. The molecule has 1 aliphatic heterocycles. The number of carbonyl (C=O) groups is 1. The topological polar surface area (TPSA) is 20.1 Å². The Kier molecular flexibility index (Phi) is 1.20. The molecule has 0 radical (unpaired) electrons. The molecule has 0 atom stereocenters. The summed E-state index contributed by atoms with van der Waals surface area (Å²) < 4.78 is 1.68. The monoisotopic (exact) mass is 98.1 g/mol. The lowest BCUT2D eigenvalue weighted by Crippen LogP contribution is -2.03. The van der Waals surface area contributed by atoms with E-state index in [0.29, 0.717) is 0 Å². The van der Waals surface area contributed by atoms with Crippen LogP contribution in [-0.2, 0) is 4.79 Å². The van der Waals surface area contributed by atoms with Crippen molar-refractivity contribution in [2.75, 3.05) is 6.54 Å². The highest BCUT2D eigenvalue weighted by atomic mass is 16.1. The van der Waals surface area contributed by atoms with Crippen LogP contribution in [0.5, 0.6) is 0 Å². The van der Waals surface area contributed by atoms with Crippen molar-refractivity contribution in [3.8, 4) is 0 Å². The van der Waals surface area contributed by atoms with Gasteiger partial charge in [-0.2, -0.15) is 4.58 Å². The fraction of sp³-hybridized carbons (Fsp3) is 0.600. The van der Waals surface area contributed by atoms with E-state index >= 15 is 0 Å². The van der Waals surface area contributed by atoms with Gasteiger partial charge in [-0.25, -0.2) is 4.79 Å². The third-order valence-corrected chi connectivity index (χ3v) is 1.12. The van der Waals surface area contributed by atoms with Crippen LogP contribution >= 0.6 is 0 Å². The Hall–Kier alpha value is -0.660. The molecule has 1 rings (SSSR count). The number of nitrogens with zero attached hydrogens (tertiary/aromatic N) is 1. The molecule has 0 fully saturated rings. The molecule has 0 spiro atoms. The van der Waals surface area contributed by atoms with Gasteiger partial charge in [-0.05, 0) is 0 Å². The van der Waals surface area contributed by atoms with Crippen LogP contribution in [0.25, 0.3) is 0 Å². The second kappa shape index (κ2) is 1.87. The van der Waals surface area contributed by atoms with Gasteiger partial charge in [-0.1, -0.05) is 0 Å². The van der Waals surface area contributed by atoms with Crippen LogP contribution in [0.2, 0.25) is 0 Å². The normalized spacial score (nSPS) is 19.1. The third-order valence-electron chi connectivity index (χ3n) is 1.12. The lowest BCUT2D eigenvalue weighted by Gasteiger charge is -1.75. The van der Waals surface area contributed by atoms with Gasteiger partial charge in [0.05, 0.1) is 0 Å². The molecule has 0 aromatic rings. The minimum Gasteiger partial charge on any atom is -0.223 e. The maximum atomic E-state index is 9.90. The second-order valence-electron chi connectivity index (χ2n) is 1.67. The van der Waals surface area contributed by atoms with Crippen LogP contribution in [-0.4, -0.2) is 23.7 Å².